The van der Waals surface area contributed by atoms with E-state index < -0.39 is 24.0 Å². The number of hydrogen-bond donors (Lipinski definition) is 3. The SMILES string of the molecule is C=CC(=O)NC[C@@H]1[C@@H](N)[C@@H](C(=O)O)CN1C(=O)N(CC)C(C)C. The number of urea groups is 1. The number of carbonyl (C=O) groups excluding carboxylic acids is 2. The number of carbonyl (C=O) groups is 3. The van der Waals surface area contributed by atoms with Crippen molar-refractivity contribution >= 4 is 17.9 Å². The van der Waals surface area contributed by atoms with E-state index in [1.54, 1.807) is 4.90 Å². The number of aliphatic carboxylic acids is 1. The van der Waals surface area contributed by atoms with Crippen LogP contribution >= 0.6 is 0 Å². The van der Waals surface area contributed by atoms with Crippen molar-refractivity contribution in [1.82, 2.24) is 15.1 Å². The Kier molecular flexibility index (Phi) is 6.56. The highest BCUT2D eigenvalue weighted by atomic mass is 16.4. The van der Waals surface area contributed by atoms with Gasteiger partial charge in [0.1, 0.15) is 0 Å². The summed E-state index contributed by atoms with van der Waals surface area (Å²) in [5.41, 5.74) is 6.03. The van der Waals surface area contributed by atoms with Crippen LogP contribution in [0.2, 0.25) is 0 Å². The van der Waals surface area contributed by atoms with E-state index in [4.69, 9.17) is 5.73 Å². The van der Waals surface area contributed by atoms with Crippen LogP contribution in [0, 0.1) is 5.92 Å². The molecule has 1 heterocycles. The minimum Gasteiger partial charge on any atom is -0.481 e. The van der Waals surface area contributed by atoms with E-state index in [-0.39, 0.29) is 31.1 Å². The van der Waals surface area contributed by atoms with E-state index in [9.17, 15) is 19.5 Å². The van der Waals surface area contributed by atoms with Crippen LogP contribution in [-0.4, -0.2) is 70.6 Å². The van der Waals surface area contributed by atoms with E-state index >= 15 is 0 Å². The van der Waals surface area contributed by atoms with Crippen LogP contribution < -0.4 is 11.1 Å². The maximum Gasteiger partial charge on any atom is 0.320 e. The fourth-order valence-electron chi connectivity index (χ4n) is 2.82. The number of carboxylic acid groups (broad SMARTS) is 1. The smallest absolute Gasteiger partial charge is 0.320 e. The van der Waals surface area contributed by atoms with E-state index in [1.807, 2.05) is 20.8 Å². The van der Waals surface area contributed by atoms with E-state index in [0.717, 1.165) is 6.08 Å². The van der Waals surface area contributed by atoms with Crippen molar-refractivity contribution in [1.29, 1.82) is 0 Å². The summed E-state index contributed by atoms with van der Waals surface area (Å²) in [7, 11) is 0. The molecule has 8 nitrogen and oxygen atoms in total. The number of carboxylic acids is 1. The van der Waals surface area contributed by atoms with Crippen LogP contribution in [0.1, 0.15) is 20.8 Å². The first-order valence-corrected chi connectivity index (χ1v) is 7.70. The number of hydrogen-bond acceptors (Lipinski definition) is 4. The highest BCUT2D eigenvalue weighted by Gasteiger charge is 2.46. The largest absolute Gasteiger partial charge is 0.481 e. The topological polar surface area (TPSA) is 116 Å². The molecule has 4 N–H and O–H groups in total. The van der Waals surface area contributed by atoms with Crippen molar-refractivity contribution in [2.75, 3.05) is 19.6 Å². The molecule has 1 fully saturated rings. The maximum atomic E-state index is 12.7. The summed E-state index contributed by atoms with van der Waals surface area (Å²) in [5, 5.41) is 11.9. The normalized spacial score (nSPS) is 23.7. The van der Waals surface area contributed by atoms with Crippen molar-refractivity contribution < 1.29 is 19.5 Å². The van der Waals surface area contributed by atoms with Gasteiger partial charge in [0.25, 0.3) is 0 Å². The summed E-state index contributed by atoms with van der Waals surface area (Å²) < 4.78 is 0. The van der Waals surface area contributed by atoms with Gasteiger partial charge >= 0.3 is 12.0 Å². The number of nitrogens with zero attached hydrogens (tertiary/aromatic N) is 2. The molecule has 0 saturated carbocycles. The first-order valence-electron chi connectivity index (χ1n) is 7.70. The van der Waals surface area contributed by atoms with Crippen molar-refractivity contribution in [3.05, 3.63) is 12.7 Å². The molecule has 3 atom stereocenters. The van der Waals surface area contributed by atoms with Crippen LogP contribution in [0.5, 0.6) is 0 Å². The lowest BCUT2D eigenvalue weighted by atomic mass is 10.00. The van der Waals surface area contributed by atoms with Crippen molar-refractivity contribution in [2.24, 2.45) is 11.7 Å². The fraction of sp³-hybridized carbons (Fsp3) is 0.667. The summed E-state index contributed by atoms with van der Waals surface area (Å²) >= 11 is 0. The Morgan fingerprint density at radius 1 is 1.48 bits per heavy atom. The van der Waals surface area contributed by atoms with Crippen LogP contribution in [0.25, 0.3) is 0 Å². The Morgan fingerprint density at radius 2 is 2.09 bits per heavy atom. The second-order valence-corrected chi connectivity index (χ2v) is 5.85. The second kappa shape index (κ2) is 7.96. The average molecular weight is 326 g/mol. The molecule has 0 radical (unpaired) electrons. The molecule has 0 bridgehead atoms. The summed E-state index contributed by atoms with van der Waals surface area (Å²) in [6, 6.07) is -1.59. The average Bonchev–Trinajstić information content (AvgIpc) is 2.82. The number of nitrogens with one attached hydrogen (secondary N) is 1. The Balaban J connectivity index is 2.99. The summed E-state index contributed by atoms with van der Waals surface area (Å²) in [6.07, 6.45) is 1.12. The molecule has 1 rings (SSSR count). The fourth-order valence-corrected chi connectivity index (χ4v) is 2.82. The monoisotopic (exact) mass is 326 g/mol. The van der Waals surface area contributed by atoms with Gasteiger partial charge in [-0.2, -0.15) is 0 Å². The second-order valence-electron chi connectivity index (χ2n) is 5.85. The van der Waals surface area contributed by atoms with E-state index in [2.05, 4.69) is 11.9 Å². The van der Waals surface area contributed by atoms with Crippen LogP contribution in [-0.2, 0) is 9.59 Å². The minimum absolute atomic E-state index is 0.0176. The quantitative estimate of drug-likeness (QED) is 0.587. The molecule has 0 aliphatic carbocycles. The van der Waals surface area contributed by atoms with Gasteiger partial charge in [0.15, 0.2) is 0 Å². The molecule has 0 spiro atoms. The van der Waals surface area contributed by atoms with Gasteiger partial charge in [0.2, 0.25) is 5.91 Å². The van der Waals surface area contributed by atoms with Crippen LogP contribution in [0.15, 0.2) is 12.7 Å². The van der Waals surface area contributed by atoms with Crippen LogP contribution in [0.4, 0.5) is 4.79 Å². The van der Waals surface area contributed by atoms with Gasteiger partial charge in [-0.15, -0.1) is 0 Å². The number of amides is 3. The molecule has 1 aliphatic rings. The third kappa shape index (κ3) is 4.22. The Hall–Kier alpha value is -2.09. The number of nitrogens with two attached hydrogens (primary N) is 1. The third-order valence-electron chi connectivity index (χ3n) is 4.15. The Labute approximate surface area is 136 Å². The standard InChI is InChI=1S/C15H26N4O4/c1-5-12(20)17-7-11-13(16)10(14(21)22)8-19(11)15(23)18(6-2)9(3)4/h5,9-11,13H,1,6-8,16H2,2-4H3,(H,17,20)(H,21,22)/t10-,11+,13-/m0/s1. The summed E-state index contributed by atoms with van der Waals surface area (Å²) in [4.78, 5) is 38.5. The third-order valence-corrected chi connectivity index (χ3v) is 4.15. The van der Waals surface area contributed by atoms with Gasteiger partial charge in [-0.25, -0.2) is 4.79 Å². The lowest BCUT2D eigenvalue weighted by Gasteiger charge is -2.34. The Morgan fingerprint density at radius 3 is 2.52 bits per heavy atom. The predicted octanol–water partition coefficient (Wildman–Crippen LogP) is -0.149. The van der Waals surface area contributed by atoms with Gasteiger partial charge in [-0.3, -0.25) is 9.59 Å². The van der Waals surface area contributed by atoms with Gasteiger partial charge in [-0.1, -0.05) is 6.58 Å². The highest BCUT2D eigenvalue weighted by Crippen LogP contribution is 2.24. The molecule has 3 amide bonds. The van der Waals surface area contributed by atoms with E-state index in [1.165, 1.54) is 4.90 Å². The zero-order chi connectivity index (χ0) is 17.7. The number of rotatable bonds is 6. The molecular weight excluding hydrogens is 300 g/mol. The van der Waals surface area contributed by atoms with Gasteiger partial charge in [-0.05, 0) is 26.8 Å². The van der Waals surface area contributed by atoms with Crippen molar-refractivity contribution in [2.45, 2.75) is 38.9 Å². The molecule has 130 valence electrons. The molecule has 8 heteroatoms. The lowest BCUT2D eigenvalue weighted by molar-refractivity contribution is -0.141. The predicted molar refractivity (Wildman–Crippen MR) is 85.7 cm³/mol. The molecule has 23 heavy (non-hydrogen) atoms. The van der Waals surface area contributed by atoms with Crippen molar-refractivity contribution in [3.63, 3.8) is 0 Å². The highest BCUT2D eigenvalue weighted by molar-refractivity contribution is 5.87. The molecule has 1 aliphatic heterocycles. The molecule has 1 saturated heterocycles. The van der Waals surface area contributed by atoms with Gasteiger partial charge in [0.05, 0.1) is 12.0 Å². The van der Waals surface area contributed by atoms with Gasteiger partial charge in [0, 0.05) is 31.7 Å². The molecule has 0 aromatic rings. The first-order chi connectivity index (χ1) is 10.7. The molecule has 0 aromatic heterocycles. The number of likely N-dealkylation sites (tertiary alicyclic amines) is 1. The molecule has 0 aromatic carbocycles. The molecular formula is C15H26N4O4. The Bertz CT molecular complexity index is 480. The van der Waals surface area contributed by atoms with Crippen molar-refractivity contribution in [3.8, 4) is 0 Å². The first kappa shape index (κ1) is 19.0. The van der Waals surface area contributed by atoms with Crippen LogP contribution in [0.3, 0.4) is 0 Å². The lowest BCUT2D eigenvalue weighted by Crippen LogP contribution is -2.54. The summed E-state index contributed by atoms with van der Waals surface area (Å²) in [6.45, 7) is 9.63. The maximum absolute atomic E-state index is 12.7. The zero-order valence-electron chi connectivity index (χ0n) is 13.9. The molecule has 0 unspecified atom stereocenters. The minimum atomic E-state index is -1.04. The van der Waals surface area contributed by atoms with E-state index in [0.29, 0.717) is 6.54 Å². The zero-order valence-corrected chi connectivity index (χ0v) is 13.9. The summed E-state index contributed by atoms with van der Waals surface area (Å²) in [5.74, 6) is -2.28. The van der Waals surface area contributed by atoms with Gasteiger partial charge < -0.3 is 26.0 Å².